The lowest BCUT2D eigenvalue weighted by molar-refractivity contribution is -0.128. The van der Waals surface area contributed by atoms with Crippen molar-refractivity contribution < 1.29 is 14.0 Å². The van der Waals surface area contributed by atoms with Crippen LogP contribution in [0.5, 0.6) is 0 Å². The number of amides is 2. The minimum Gasteiger partial charge on any atom is -0.451 e. The van der Waals surface area contributed by atoms with Crippen molar-refractivity contribution in [3.63, 3.8) is 0 Å². The number of rotatable bonds is 9. The molecule has 238 valence electrons. The first-order chi connectivity index (χ1) is 22.3. The maximum atomic E-state index is 13.6. The summed E-state index contributed by atoms with van der Waals surface area (Å²) in [4.78, 5) is 40.9. The second-order valence-corrected chi connectivity index (χ2v) is 13.2. The molecule has 46 heavy (non-hydrogen) atoms. The molecule has 2 aliphatic rings. The largest absolute Gasteiger partial charge is 0.451 e. The van der Waals surface area contributed by atoms with Crippen molar-refractivity contribution in [1.29, 1.82) is 0 Å². The van der Waals surface area contributed by atoms with E-state index in [4.69, 9.17) is 16.0 Å². The predicted molar refractivity (Wildman–Crippen MR) is 183 cm³/mol. The molecule has 2 unspecified atom stereocenters. The van der Waals surface area contributed by atoms with Gasteiger partial charge in [0.1, 0.15) is 5.58 Å². The smallest absolute Gasteiger partial charge is 0.287 e. The lowest BCUT2D eigenvalue weighted by atomic mass is 9.79. The highest BCUT2D eigenvalue weighted by molar-refractivity contribution is 6.30. The van der Waals surface area contributed by atoms with E-state index in [2.05, 4.69) is 42.6 Å². The van der Waals surface area contributed by atoms with Gasteiger partial charge in [-0.25, -0.2) is 0 Å². The van der Waals surface area contributed by atoms with Crippen LogP contribution in [0.3, 0.4) is 0 Å². The average Bonchev–Trinajstić information content (AvgIpc) is 3.48. The minimum atomic E-state index is -0.416. The number of fused-ring (bicyclic) bond motifs is 1. The highest BCUT2D eigenvalue weighted by atomic mass is 35.5. The second-order valence-electron chi connectivity index (χ2n) is 12.7. The van der Waals surface area contributed by atoms with Crippen LogP contribution in [0.4, 0.5) is 0 Å². The first-order valence-electron chi connectivity index (χ1n) is 16.5. The van der Waals surface area contributed by atoms with Crippen molar-refractivity contribution in [3.8, 4) is 0 Å². The number of hydrogen-bond acceptors (Lipinski definition) is 4. The first-order valence-corrected chi connectivity index (χ1v) is 16.8. The summed E-state index contributed by atoms with van der Waals surface area (Å²) < 4.78 is 5.95. The molecule has 1 aromatic heterocycles. The summed E-state index contributed by atoms with van der Waals surface area (Å²) in [5.41, 5.74) is 6.18. The summed E-state index contributed by atoms with van der Waals surface area (Å²) in [7, 11) is 0. The summed E-state index contributed by atoms with van der Waals surface area (Å²) in [6.45, 7) is 5.65. The van der Waals surface area contributed by atoms with E-state index >= 15 is 0 Å². The van der Waals surface area contributed by atoms with Gasteiger partial charge in [0.25, 0.3) is 5.91 Å². The number of benzene rings is 3. The summed E-state index contributed by atoms with van der Waals surface area (Å²) in [6, 6.07) is 22.8. The monoisotopic (exact) mass is 636 g/mol. The van der Waals surface area contributed by atoms with Gasteiger partial charge in [-0.15, -0.1) is 0 Å². The molecule has 1 saturated carbocycles. The van der Waals surface area contributed by atoms with Gasteiger partial charge in [0.05, 0.1) is 11.4 Å². The third-order valence-corrected chi connectivity index (χ3v) is 9.98. The van der Waals surface area contributed by atoms with E-state index in [1.54, 1.807) is 6.07 Å². The Morgan fingerprint density at radius 2 is 1.78 bits per heavy atom. The molecule has 6 nitrogen and oxygen atoms in total. The minimum absolute atomic E-state index is 0.00486. The fourth-order valence-corrected chi connectivity index (χ4v) is 7.04. The van der Waals surface area contributed by atoms with Crippen molar-refractivity contribution in [2.45, 2.75) is 83.2 Å². The lowest BCUT2D eigenvalue weighted by Gasteiger charge is -2.29. The van der Waals surface area contributed by atoms with Crippen LogP contribution in [0.2, 0.25) is 5.02 Å². The van der Waals surface area contributed by atoms with Crippen molar-refractivity contribution in [3.05, 3.63) is 128 Å². The number of allylic oxidation sites excluding steroid dienone is 1. The second kappa shape index (κ2) is 14.1. The first kappa shape index (κ1) is 31.8. The average molecular weight is 637 g/mol. The van der Waals surface area contributed by atoms with Crippen LogP contribution >= 0.6 is 11.6 Å². The van der Waals surface area contributed by atoms with Gasteiger partial charge >= 0.3 is 0 Å². The number of carbonyl (C=O) groups excluding carboxylic acids is 2. The van der Waals surface area contributed by atoms with Gasteiger partial charge in [-0.3, -0.25) is 14.4 Å². The van der Waals surface area contributed by atoms with E-state index in [1.807, 2.05) is 48.2 Å². The molecule has 6 rings (SSSR count). The molecule has 7 heteroatoms. The number of carbonyl (C=O) groups is 2. The predicted octanol–water partition coefficient (Wildman–Crippen LogP) is 8.32. The number of hydrogen-bond donors (Lipinski definition) is 1. The van der Waals surface area contributed by atoms with Gasteiger partial charge < -0.3 is 14.6 Å². The molecule has 0 bridgehead atoms. The molecule has 1 aliphatic carbocycles. The van der Waals surface area contributed by atoms with E-state index < -0.39 is 5.91 Å². The van der Waals surface area contributed by atoms with E-state index in [0.29, 0.717) is 34.9 Å². The molecule has 1 N–H and O–H groups in total. The van der Waals surface area contributed by atoms with Crippen LogP contribution in [-0.2, 0) is 17.8 Å². The van der Waals surface area contributed by atoms with E-state index in [9.17, 15) is 14.4 Å². The Kier molecular flexibility index (Phi) is 9.74. The molecule has 2 heterocycles. The molecule has 1 saturated heterocycles. The van der Waals surface area contributed by atoms with Gasteiger partial charge in [0.2, 0.25) is 5.91 Å². The van der Waals surface area contributed by atoms with Crippen molar-refractivity contribution in [2.24, 2.45) is 0 Å². The van der Waals surface area contributed by atoms with Gasteiger partial charge in [-0.05, 0) is 91.0 Å². The van der Waals surface area contributed by atoms with E-state index in [1.165, 1.54) is 22.8 Å². The molecule has 2 fully saturated rings. The lowest BCUT2D eigenvalue weighted by Crippen LogP contribution is -2.38. The van der Waals surface area contributed by atoms with Crippen LogP contribution in [0.1, 0.15) is 97.0 Å². The molecule has 0 radical (unpaired) electrons. The normalized spacial score (nSPS) is 18.1. The van der Waals surface area contributed by atoms with Gasteiger partial charge in [-0.1, -0.05) is 79.6 Å². The van der Waals surface area contributed by atoms with Gasteiger partial charge in [0, 0.05) is 36.5 Å². The molecule has 2 atom stereocenters. The Labute approximate surface area is 275 Å². The molecule has 0 spiro atoms. The summed E-state index contributed by atoms with van der Waals surface area (Å²) in [5.74, 6) is 0.211. The zero-order valence-corrected chi connectivity index (χ0v) is 27.3. The van der Waals surface area contributed by atoms with Gasteiger partial charge in [-0.2, -0.15) is 0 Å². The topological polar surface area (TPSA) is 79.6 Å². The molecular weight excluding hydrogens is 596 g/mol. The van der Waals surface area contributed by atoms with Crippen LogP contribution < -0.4 is 10.7 Å². The number of halogens is 1. The van der Waals surface area contributed by atoms with Crippen molar-refractivity contribution in [1.82, 2.24) is 10.2 Å². The third kappa shape index (κ3) is 7.13. The third-order valence-electron chi connectivity index (χ3n) is 9.73. The maximum Gasteiger partial charge on any atom is 0.287 e. The maximum absolute atomic E-state index is 13.6. The molecule has 1 aliphatic heterocycles. The highest BCUT2D eigenvalue weighted by Gasteiger charge is 2.27. The Bertz CT molecular complexity index is 1820. The Morgan fingerprint density at radius 1 is 1.02 bits per heavy atom. The molecule has 2 amide bonds. The summed E-state index contributed by atoms with van der Waals surface area (Å²) in [5, 5.41) is 4.33. The molecule has 4 aromatic rings. The van der Waals surface area contributed by atoms with Crippen LogP contribution in [0.25, 0.3) is 11.0 Å². The number of nitrogens with one attached hydrogen (secondary N) is 1. The van der Waals surface area contributed by atoms with Crippen LogP contribution in [-0.4, -0.2) is 29.3 Å². The van der Waals surface area contributed by atoms with Crippen molar-refractivity contribution in [2.75, 3.05) is 6.54 Å². The van der Waals surface area contributed by atoms with Crippen LogP contribution in [0.15, 0.2) is 93.7 Å². The zero-order valence-electron chi connectivity index (χ0n) is 26.6. The fraction of sp³-hybridized carbons (Fsp3) is 0.359. The molecular formula is C39H41ClN2O4. The quantitative estimate of drug-likeness (QED) is 0.187. The zero-order chi connectivity index (χ0) is 32.2. The van der Waals surface area contributed by atoms with Crippen LogP contribution in [0, 0.1) is 0 Å². The summed E-state index contributed by atoms with van der Waals surface area (Å²) >= 11 is 6.18. The van der Waals surface area contributed by atoms with E-state index in [-0.39, 0.29) is 29.1 Å². The number of likely N-dealkylation sites (tertiary alicyclic amines) is 1. The molecule has 3 aromatic carbocycles. The van der Waals surface area contributed by atoms with Gasteiger partial charge in [0.15, 0.2) is 11.2 Å². The van der Waals surface area contributed by atoms with Crippen molar-refractivity contribution >= 4 is 34.4 Å². The number of aryl methyl sites for hydroxylation is 1. The standard InChI is InChI=1S/C39H41ClN2O4/c1-3-26-12-19-36-33(21-26)35(43)23-37(46-36)39(45)41-34(25(2)28-15-17-31(40)18-16-28)22-27-10-13-29(14-11-27)32-8-5-4-7-30(32)24-42-20-6-9-38(42)44/h4-5,7-8,12,15-19,21-23,25,29,34H,3,6,9-11,13-14,20,24H2,1-2H3,(H,41,45). The highest BCUT2D eigenvalue weighted by Crippen LogP contribution is 2.38. The Hall–Kier alpha value is -4.16. The van der Waals surface area contributed by atoms with E-state index in [0.717, 1.165) is 56.2 Å². The Morgan fingerprint density at radius 3 is 2.50 bits per heavy atom. The SMILES string of the molecule is CCc1ccc2oc(C(=O)NC(C=C3CCC(c4ccccc4CN4CCCC4=O)CC3)C(C)c3ccc(Cl)cc3)cc(=O)c2c1. The summed E-state index contributed by atoms with van der Waals surface area (Å²) in [6.07, 6.45) is 8.46. The fourth-order valence-electron chi connectivity index (χ4n) is 6.92. The Balaban J connectivity index is 1.22. The number of nitrogens with zero attached hydrogens (tertiary/aromatic N) is 1.